The van der Waals surface area contributed by atoms with Crippen LogP contribution < -0.4 is 0 Å². The Hall–Kier alpha value is -0.920. The topological polar surface area (TPSA) is 27.0 Å². The van der Waals surface area contributed by atoms with Gasteiger partial charge in [0.25, 0.3) is 0 Å². The van der Waals surface area contributed by atoms with E-state index in [0.717, 1.165) is 30.4 Å². The number of hydrogen-bond donors (Lipinski definition) is 0. The van der Waals surface area contributed by atoms with Gasteiger partial charge in [-0.3, -0.25) is 4.90 Å². The number of benzene rings is 1. The molecule has 1 aliphatic rings. The molecule has 1 unspecified atom stereocenters. The first-order chi connectivity index (χ1) is 7.72. The second-order valence-corrected chi connectivity index (χ2v) is 4.86. The predicted octanol–water partition coefficient (Wildman–Crippen LogP) is 3.25. The van der Waals surface area contributed by atoms with Gasteiger partial charge in [0, 0.05) is 10.0 Å². The average molecular weight is 283 g/mol. The SMILES string of the molecule is N#CC(c1cc(Br)ccc1F)N1CCCC1. The summed E-state index contributed by atoms with van der Waals surface area (Å²) in [7, 11) is 0. The van der Waals surface area contributed by atoms with Crippen molar-refractivity contribution in [3.05, 3.63) is 34.1 Å². The van der Waals surface area contributed by atoms with Gasteiger partial charge in [-0.15, -0.1) is 0 Å². The Labute approximate surface area is 103 Å². The molecule has 0 amide bonds. The van der Waals surface area contributed by atoms with Crippen molar-refractivity contribution >= 4 is 15.9 Å². The van der Waals surface area contributed by atoms with Crippen molar-refractivity contribution < 1.29 is 4.39 Å². The molecule has 0 radical (unpaired) electrons. The summed E-state index contributed by atoms with van der Waals surface area (Å²) >= 11 is 3.31. The molecular formula is C12H12BrFN2. The molecule has 0 bridgehead atoms. The van der Waals surface area contributed by atoms with Crippen LogP contribution in [0.1, 0.15) is 24.4 Å². The van der Waals surface area contributed by atoms with E-state index in [1.807, 2.05) is 4.90 Å². The molecule has 0 aromatic heterocycles. The van der Waals surface area contributed by atoms with E-state index in [-0.39, 0.29) is 5.82 Å². The zero-order chi connectivity index (χ0) is 11.5. The summed E-state index contributed by atoms with van der Waals surface area (Å²) in [5, 5.41) is 9.18. The van der Waals surface area contributed by atoms with Crippen molar-refractivity contribution in [2.24, 2.45) is 0 Å². The van der Waals surface area contributed by atoms with Gasteiger partial charge in [0.05, 0.1) is 6.07 Å². The van der Waals surface area contributed by atoms with E-state index in [9.17, 15) is 9.65 Å². The Bertz CT molecular complexity index is 422. The van der Waals surface area contributed by atoms with Gasteiger partial charge in [-0.25, -0.2) is 4.39 Å². The van der Waals surface area contributed by atoms with Gasteiger partial charge >= 0.3 is 0 Å². The number of rotatable bonds is 2. The number of likely N-dealkylation sites (tertiary alicyclic amines) is 1. The quantitative estimate of drug-likeness (QED) is 0.833. The van der Waals surface area contributed by atoms with Crippen LogP contribution in [-0.2, 0) is 0 Å². The normalized spacial score (nSPS) is 18.3. The Morgan fingerprint density at radius 1 is 1.38 bits per heavy atom. The van der Waals surface area contributed by atoms with Crippen molar-refractivity contribution in [3.63, 3.8) is 0 Å². The van der Waals surface area contributed by atoms with Crippen molar-refractivity contribution in [2.45, 2.75) is 18.9 Å². The summed E-state index contributed by atoms with van der Waals surface area (Å²) in [6.45, 7) is 1.76. The van der Waals surface area contributed by atoms with Crippen molar-refractivity contribution in [1.29, 1.82) is 5.26 Å². The van der Waals surface area contributed by atoms with Crippen LogP contribution in [0.25, 0.3) is 0 Å². The molecule has 16 heavy (non-hydrogen) atoms. The molecule has 1 saturated heterocycles. The fraction of sp³-hybridized carbons (Fsp3) is 0.417. The highest BCUT2D eigenvalue weighted by Gasteiger charge is 2.25. The molecule has 84 valence electrons. The second-order valence-electron chi connectivity index (χ2n) is 3.94. The molecule has 0 saturated carbocycles. The average Bonchev–Trinajstić information content (AvgIpc) is 2.78. The maximum atomic E-state index is 13.7. The van der Waals surface area contributed by atoms with Gasteiger partial charge in [-0.05, 0) is 44.1 Å². The van der Waals surface area contributed by atoms with Crippen LogP contribution in [-0.4, -0.2) is 18.0 Å². The molecule has 1 aromatic carbocycles. The molecule has 1 atom stereocenters. The van der Waals surface area contributed by atoms with Gasteiger partial charge in [-0.2, -0.15) is 5.26 Å². The zero-order valence-corrected chi connectivity index (χ0v) is 10.4. The van der Waals surface area contributed by atoms with Crippen molar-refractivity contribution in [1.82, 2.24) is 4.90 Å². The summed E-state index contributed by atoms with van der Waals surface area (Å²) < 4.78 is 14.5. The largest absolute Gasteiger partial charge is 0.284 e. The Kier molecular flexibility index (Phi) is 3.57. The van der Waals surface area contributed by atoms with Crippen LogP contribution in [0.2, 0.25) is 0 Å². The minimum absolute atomic E-state index is 0.304. The molecule has 1 heterocycles. The van der Waals surface area contributed by atoms with Crippen molar-refractivity contribution in [3.8, 4) is 6.07 Å². The van der Waals surface area contributed by atoms with Crippen LogP contribution in [0.15, 0.2) is 22.7 Å². The lowest BCUT2D eigenvalue weighted by Crippen LogP contribution is -2.25. The van der Waals surface area contributed by atoms with Crippen LogP contribution in [0, 0.1) is 17.1 Å². The molecule has 1 aromatic rings. The van der Waals surface area contributed by atoms with Gasteiger partial charge < -0.3 is 0 Å². The second kappa shape index (κ2) is 4.94. The lowest BCUT2D eigenvalue weighted by Gasteiger charge is -2.22. The third-order valence-electron chi connectivity index (χ3n) is 2.88. The van der Waals surface area contributed by atoms with E-state index in [0.29, 0.717) is 5.56 Å². The molecule has 0 N–H and O–H groups in total. The fourth-order valence-electron chi connectivity index (χ4n) is 2.07. The van der Waals surface area contributed by atoms with Crippen LogP contribution in [0.3, 0.4) is 0 Å². The highest BCUT2D eigenvalue weighted by atomic mass is 79.9. The Morgan fingerprint density at radius 2 is 2.06 bits per heavy atom. The molecule has 2 nitrogen and oxygen atoms in total. The van der Waals surface area contributed by atoms with E-state index >= 15 is 0 Å². The van der Waals surface area contributed by atoms with Gasteiger partial charge in [0.2, 0.25) is 0 Å². The summed E-state index contributed by atoms with van der Waals surface area (Å²) in [5.41, 5.74) is 0.471. The monoisotopic (exact) mass is 282 g/mol. The third kappa shape index (κ3) is 2.26. The molecule has 1 aliphatic heterocycles. The molecule has 0 aliphatic carbocycles. The highest BCUT2D eigenvalue weighted by Crippen LogP contribution is 2.28. The lowest BCUT2D eigenvalue weighted by molar-refractivity contribution is 0.288. The molecule has 4 heteroatoms. The van der Waals surface area contributed by atoms with Crippen LogP contribution in [0.4, 0.5) is 4.39 Å². The van der Waals surface area contributed by atoms with E-state index in [1.54, 1.807) is 12.1 Å². The predicted molar refractivity (Wildman–Crippen MR) is 63.3 cm³/mol. The summed E-state index contributed by atoms with van der Waals surface area (Å²) in [4.78, 5) is 2.03. The minimum Gasteiger partial charge on any atom is -0.284 e. The van der Waals surface area contributed by atoms with E-state index in [1.165, 1.54) is 6.07 Å². The lowest BCUT2D eigenvalue weighted by atomic mass is 10.1. The first-order valence-electron chi connectivity index (χ1n) is 5.31. The van der Waals surface area contributed by atoms with Gasteiger partial charge in [0.1, 0.15) is 11.9 Å². The summed E-state index contributed by atoms with van der Waals surface area (Å²) in [6.07, 6.45) is 2.18. The smallest absolute Gasteiger partial charge is 0.129 e. The molecule has 1 fully saturated rings. The van der Waals surface area contributed by atoms with Crippen LogP contribution >= 0.6 is 15.9 Å². The van der Waals surface area contributed by atoms with Crippen LogP contribution in [0.5, 0.6) is 0 Å². The van der Waals surface area contributed by atoms with Gasteiger partial charge in [-0.1, -0.05) is 15.9 Å². The first kappa shape index (κ1) is 11.6. The van der Waals surface area contributed by atoms with E-state index in [4.69, 9.17) is 0 Å². The number of nitrogens with zero attached hydrogens (tertiary/aromatic N) is 2. The Morgan fingerprint density at radius 3 is 2.69 bits per heavy atom. The number of nitriles is 1. The third-order valence-corrected chi connectivity index (χ3v) is 3.37. The zero-order valence-electron chi connectivity index (χ0n) is 8.79. The standard InChI is InChI=1S/C12H12BrFN2/c13-9-3-4-11(14)10(7-9)12(8-15)16-5-1-2-6-16/h3-4,7,12H,1-2,5-6H2. The Balaban J connectivity index is 2.32. The van der Waals surface area contributed by atoms with E-state index < -0.39 is 6.04 Å². The maximum absolute atomic E-state index is 13.7. The first-order valence-corrected chi connectivity index (χ1v) is 6.10. The maximum Gasteiger partial charge on any atom is 0.129 e. The molecule has 0 spiro atoms. The minimum atomic E-state index is -0.458. The molecular weight excluding hydrogens is 271 g/mol. The van der Waals surface area contributed by atoms with Crippen molar-refractivity contribution in [2.75, 3.05) is 13.1 Å². The summed E-state index contributed by atoms with van der Waals surface area (Å²) in [5.74, 6) is -0.304. The summed E-state index contributed by atoms with van der Waals surface area (Å²) in [6, 6.07) is 6.48. The number of hydrogen-bond acceptors (Lipinski definition) is 2. The fourth-order valence-corrected chi connectivity index (χ4v) is 2.45. The molecule has 2 rings (SSSR count). The van der Waals surface area contributed by atoms with Gasteiger partial charge in [0.15, 0.2) is 0 Å². The number of halogens is 2. The highest BCUT2D eigenvalue weighted by molar-refractivity contribution is 9.10. The van der Waals surface area contributed by atoms with E-state index in [2.05, 4.69) is 22.0 Å².